The quantitative estimate of drug-likeness (QED) is 0.489. The van der Waals surface area contributed by atoms with Gasteiger partial charge in [0.1, 0.15) is 5.82 Å². The number of rotatable bonds is 8. The first-order valence-electron chi connectivity index (χ1n) is 11.3. The summed E-state index contributed by atoms with van der Waals surface area (Å²) >= 11 is 0. The van der Waals surface area contributed by atoms with E-state index in [1.54, 1.807) is 6.07 Å². The fraction of sp³-hybridized carbons (Fsp3) is 0.682. The number of morpholine rings is 1. The van der Waals surface area contributed by atoms with Gasteiger partial charge in [-0.15, -0.1) is 0 Å². The molecule has 0 spiro atoms. The number of piperazine rings is 1. The van der Waals surface area contributed by atoms with E-state index in [9.17, 15) is 4.39 Å². The van der Waals surface area contributed by atoms with Gasteiger partial charge in [0.25, 0.3) is 0 Å². The number of hydrogen-bond acceptors (Lipinski definition) is 5. The number of nitrogens with one attached hydrogen (secondary N) is 2. The molecular formula is C22H37FN6O. The Hall–Kier alpha value is -1.90. The average molecular weight is 421 g/mol. The summed E-state index contributed by atoms with van der Waals surface area (Å²) in [6, 6.07) is 5.52. The molecular weight excluding hydrogens is 383 g/mol. The largest absolute Gasteiger partial charge is 0.379 e. The molecule has 2 saturated heterocycles. The van der Waals surface area contributed by atoms with Crippen LogP contribution in [0.1, 0.15) is 19.4 Å². The molecule has 30 heavy (non-hydrogen) atoms. The molecule has 2 heterocycles. The van der Waals surface area contributed by atoms with E-state index in [-0.39, 0.29) is 5.82 Å². The number of benzene rings is 1. The molecule has 2 aliphatic rings. The maximum absolute atomic E-state index is 14.7. The highest BCUT2D eigenvalue weighted by Crippen LogP contribution is 2.22. The Kier molecular flexibility index (Phi) is 9.17. The van der Waals surface area contributed by atoms with E-state index in [1.165, 1.54) is 0 Å². The van der Waals surface area contributed by atoms with Gasteiger partial charge in [-0.3, -0.25) is 4.90 Å². The van der Waals surface area contributed by atoms with Crippen molar-refractivity contribution >= 4 is 11.6 Å². The third kappa shape index (κ3) is 6.82. The number of ether oxygens (including phenoxy) is 1. The SMILES string of the molecule is CCNC(=NCc1ccc(N2CCN(CC)CC2)c(F)c1)NCCN1CCOCC1. The van der Waals surface area contributed by atoms with Crippen LogP contribution in [0.5, 0.6) is 0 Å². The van der Waals surface area contributed by atoms with Gasteiger partial charge < -0.3 is 25.2 Å². The first kappa shape index (κ1) is 22.8. The summed E-state index contributed by atoms with van der Waals surface area (Å²) in [6.07, 6.45) is 0. The normalized spacial score (nSPS) is 19.2. The summed E-state index contributed by atoms with van der Waals surface area (Å²) in [5.41, 5.74) is 1.59. The number of aliphatic imine (C=N–C) groups is 1. The Labute approximate surface area is 180 Å². The molecule has 7 nitrogen and oxygen atoms in total. The van der Waals surface area contributed by atoms with Crippen LogP contribution in [0.25, 0.3) is 0 Å². The summed E-state index contributed by atoms with van der Waals surface area (Å²) in [4.78, 5) is 11.6. The van der Waals surface area contributed by atoms with Crippen LogP contribution in [0.4, 0.5) is 10.1 Å². The van der Waals surface area contributed by atoms with Crippen LogP contribution in [0.2, 0.25) is 0 Å². The molecule has 0 bridgehead atoms. The number of halogens is 1. The van der Waals surface area contributed by atoms with Crippen molar-refractivity contribution in [2.24, 2.45) is 4.99 Å². The summed E-state index contributed by atoms with van der Waals surface area (Å²) in [5, 5.41) is 6.64. The van der Waals surface area contributed by atoms with Crippen LogP contribution in [-0.2, 0) is 11.3 Å². The summed E-state index contributed by atoms with van der Waals surface area (Å²) in [7, 11) is 0. The molecule has 2 N–H and O–H groups in total. The number of hydrogen-bond donors (Lipinski definition) is 2. The van der Waals surface area contributed by atoms with Gasteiger partial charge in [0, 0.05) is 58.9 Å². The third-order valence-electron chi connectivity index (χ3n) is 5.76. The van der Waals surface area contributed by atoms with Gasteiger partial charge in [-0.25, -0.2) is 9.38 Å². The van der Waals surface area contributed by atoms with Crippen LogP contribution in [-0.4, -0.2) is 94.4 Å². The molecule has 0 aromatic heterocycles. The molecule has 0 amide bonds. The second-order valence-electron chi connectivity index (χ2n) is 7.78. The van der Waals surface area contributed by atoms with Gasteiger partial charge in [0.15, 0.2) is 5.96 Å². The minimum Gasteiger partial charge on any atom is -0.379 e. The molecule has 0 saturated carbocycles. The topological polar surface area (TPSA) is 55.4 Å². The van der Waals surface area contributed by atoms with Crippen molar-refractivity contribution in [2.45, 2.75) is 20.4 Å². The molecule has 0 aliphatic carbocycles. The molecule has 0 unspecified atom stereocenters. The van der Waals surface area contributed by atoms with Crippen LogP contribution in [0.3, 0.4) is 0 Å². The average Bonchev–Trinajstić information content (AvgIpc) is 2.78. The first-order chi connectivity index (χ1) is 14.7. The lowest BCUT2D eigenvalue weighted by molar-refractivity contribution is 0.0389. The van der Waals surface area contributed by atoms with Crippen molar-refractivity contribution in [2.75, 3.05) is 83.6 Å². The molecule has 0 radical (unpaired) electrons. The van der Waals surface area contributed by atoms with Gasteiger partial charge in [0.2, 0.25) is 0 Å². The number of nitrogens with zero attached hydrogens (tertiary/aromatic N) is 4. The molecule has 1 aromatic rings. The third-order valence-corrected chi connectivity index (χ3v) is 5.76. The van der Waals surface area contributed by atoms with E-state index < -0.39 is 0 Å². The fourth-order valence-corrected chi connectivity index (χ4v) is 3.88. The maximum Gasteiger partial charge on any atom is 0.191 e. The van der Waals surface area contributed by atoms with Crippen molar-refractivity contribution < 1.29 is 9.13 Å². The smallest absolute Gasteiger partial charge is 0.191 e. The Balaban J connectivity index is 1.51. The van der Waals surface area contributed by atoms with Crippen molar-refractivity contribution in [1.29, 1.82) is 0 Å². The first-order valence-corrected chi connectivity index (χ1v) is 11.3. The zero-order chi connectivity index (χ0) is 21.2. The Morgan fingerprint density at radius 3 is 2.47 bits per heavy atom. The Bertz CT molecular complexity index is 672. The van der Waals surface area contributed by atoms with Crippen LogP contribution in [0.15, 0.2) is 23.2 Å². The highest BCUT2D eigenvalue weighted by molar-refractivity contribution is 5.79. The Morgan fingerprint density at radius 2 is 1.80 bits per heavy atom. The standard InChI is InChI=1S/C22H37FN6O/c1-3-24-22(25-7-8-28-13-15-30-16-14-28)26-18-19-5-6-21(20(23)17-19)29-11-9-27(4-2)10-12-29/h5-6,17H,3-4,7-16,18H2,1-2H3,(H2,24,25,26). The predicted octanol–water partition coefficient (Wildman–Crippen LogP) is 1.35. The van der Waals surface area contributed by atoms with E-state index >= 15 is 0 Å². The zero-order valence-electron chi connectivity index (χ0n) is 18.5. The Morgan fingerprint density at radius 1 is 1.03 bits per heavy atom. The van der Waals surface area contributed by atoms with Crippen LogP contribution >= 0.6 is 0 Å². The van der Waals surface area contributed by atoms with Gasteiger partial charge in [0.05, 0.1) is 25.4 Å². The number of likely N-dealkylation sites (N-methyl/N-ethyl adjacent to an activating group) is 1. The maximum atomic E-state index is 14.7. The summed E-state index contributed by atoms with van der Waals surface area (Å²) in [5.74, 6) is 0.615. The van der Waals surface area contributed by atoms with Gasteiger partial charge in [-0.1, -0.05) is 13.0 Å². The number of anilines is 1. The molecule has 8 heteroatoms. The lowest BCUT2D eigenvalue weighted by atomic mass is 10.1. The van der Waals surface area contributed by atoms with E-state index in [4.69, 9.17) is 4.74 Å². The van der Waals surface area contributed by atoms with Crippen molar-refractivity contribution in [3.8, 4) is 0 Å². The minimum atomic E-state index is -0.155. The minimum absolute atomic E-state index is 0.155. The monoisotopic (exact) mass is 420 g/mol. The lowest BCUT2D eigenvalue weighted by Gasteiger charge is -2.35. The molecule has 1 aromatic carbocycles. The number of guanidine groups is 1. The lowest BCUT2D eigenvalue weighted by Crippen LogP contribution is -2.46. The molecule has 2 aliphatic heterocycles. The van der Waals surface area contributed by atoms with E-state index in [0.29, 0.717) is 12.2 Å². The molecule has 3 rings (SSSR count). The molecule has 0 atom stereocenters. The molecule has 2 fully saturated rings. The van der Waals surface area contributed by atoms with E-state index in [1.807, 2.05) is 19.1 Å². The summed E-state index contributed by atoms with van der Waals surface area (Å²) < 4.78 is 20.1. The zero-order valence-corrected chi connectivity index (χ0v) is 18.5. The van der Waals surface area contributed by atoms with Gasteiger partial charge in [-0.05, 0) is 31.2 Å². The van der Waals surface area contributed by atoms with E-state index in [2.05, 4.69) is 37.2 Å². The van der Waals surface area contributed by atoms with Crippen molar-refractivity contribution in [3.63, 3.8) is 0 Å². The molecule has 168 valence electrons. The summed E-state index contributed by atoms with van der Waals surface area (Å²) in [6.45, 7) is 15.6. The second-order valence-corrected chi connectivity index (χ2v) is 7.78. The highest BCUT2D eigenvalue weighted by atomic mass is 19.1. The van der Waals surface area contributed by atoms with Crippen LogP contribution in [0, 0.1) is 5.82 Å². The fourth-order valence-electron chi connectivity index (χ4n) is 3.88. The van der Waals surface area contributed by atoms with Gasteiger partial charge in [-0.2, -0.15) is 0 Å². The van der Waals surface area contributed by atoms with E-state index in [0.717, 1.165) is 90.2 Å². The predicted molar refractivity (Wildman–Crippen MR) is 121 cm³/mol. The van der Waals surface area contributed by atoms with Gasteiger partial charge >= 0.3 is 0 Å². The van der Waals surface area contributed by atoms with Crippen LogP contribution < -0.4 is 15.5 Å². The highest BCUT2D eigenvalue weighted by Gasteiger charge is 2.18. The van der Waals surface area contributed by atoms with Crippen molar-refractivity contribution in [1.82, 2.24) is 20.4 Å². The second kappa shape index (κ2) is 12.1. The van der Waals surface area contributed by atoms with Crippen molar-refractivity contribution in [3.05, 3.63) is 29.6 Å².